The van der Waals surface area contributed by atoms with Gasteiger partial charge in [0.2, 0.25) is 17.8 Å². The molecule has 2 rings (SSSR count). The van der Waals surface area contributed by atoms with Crippen LogP contribution in [0.4, 0.5) is 5.95 Å². The Bertz CT molecular complexity index is 633. The average Bonchev–Trinajstić information content (AvgIpc) is 2.58. The van der Waals surface area contributed by atoms with Gasteiger partial charge in [-0.15, -0.1) is 0 Å². The van der Waals surface area contributed by atoms with E-state index >= 15 is 0 Å². The van der Waals surface area contributed by atoms with Gasteiger partial charge >= 0.3 is 0 Å². The Morgan fingerprint density at radius 2 is 1.78 bits per heavy atom. The third-order valence-corrected chi connectivity index (χ3v) is 3.15. The lowest BCUT2D eigenvalue weighted by molar-refractivity contribution is -0.127. The molecule has 0 bridgehead atoms. The van der Waals surface area contributed by atoms with E-state index in [0.29, 0.717) is 24.5 Å². The van der Waals surface area contributed by atoms with Gasteiger partial charge in [0.05, 0.1) is 0 Å². The van der Waals surface area contributed by atoms with Gasteiger partial charge in [-0.3, -0.25) is 9.59 Å². The summed E-state index contributed by atoms with van der Waals surface area (Å²) in [7, 11) is 0. The molecule has 120 valence electrons. The van der Waals surface area contributed by atoms with Crippen molar-refractivity contribution in [1.29, 1.82) is 0 Å². The number of nitrogens with one attached hydrogen (secondary N) is 2. The number of nitrogens with zero attached hydrogens (tertiary/aromatic N) is 2. The lowest BCUT2D eigenvalue weighted by Crippen LogP contribution is -2.37. The standard InChI is InChI=1S/C16H19N5O2/c17-15(23)14(12-6-2-1-3-7-12)21-13(22)8-4-9-18-16-19-10-5-11-20-16/h1-3,5-7,10-11,14H,4,8-9H2,(H2,17,23)(H,21,22)(H,18,19,20). The molecule has 2 amide bonds. The van der Waals surface area contributed by atoms with Gasteiger partial charge < -0.3 is 16.4 Å². The molecule has 0 aliphatic rings. The van der Waals surface area contributed by atoms with E-state index in [4.69, 9.17) is 5.73 Å². The molecular weight excluding hydrogens is 294 g/mol. The summed E-state index contributed by atoms with van der Waals surface area (Å²) >= 11 is 0. The van der Waals surface area contributed by atoms with Crippen molar-refractivity contribution in [3.8, 4) is 0 Å². The topological polar surface area (TPSA) is 110 Å². The second-order valence-electron chi connectivity index (χ2n) is 4.92. The fourth-order valence-electron chi connectivity index (χ4n) is 2.04. The highest BCUT2D eigenvalue weighted by Gasteiger charge is 2.19. The minimum Gasteiger partial charge on any atom is -0.368 e. The van der Waals surface area contributed by atoms with Crippen LogP contribution in [-0.4, -0.2) is 28.3 Å². The summed E-state index contributed by atoms with van der Waals surface area (Å²) in [6.07, 6.45) is 4.14. The van der Waals surface area contributed by atoms with Gasteiger partial charge in [-0.1, -0.05) is 30.3 Å². The molecule has 1 aromatic heterocycles. The van der Waals surface area contributed by atoms with Crippen molar-refractivity contribution < 1.29 is 9.59 Å². The Hall–Kier alpha value is -2.96. The van der Waals surface area contributed by atoms with Crippen molar-refractivity contribution in [2.75, 3.05) is 11.9 Å². The van der Waals surface area contributed by atoms with Crippen LogP contribution in [0.25, 0.3) is 0 Å². The normalized spacial score (nSPS) is 11.5. The van der Waals surface area contributed by atoms with E-state index in [1.54, 1.807) is 42.7 Å². The molecule has 1 atom stereocenters. The minimum atomic E-state index is -0.811. The smallest absolute Gasteiger partial charge is 0.244 e. The van der Waals surface area contributed by atoms with Crippen molar-refractivity contribution in [2.45, 2.75) is 18.9 Å². The third-order valence-electron chi connectivity index (χ3n) is 3.15. The Morgan fingerprint density at radius 1 is 1.09 bits per heavy atom. The number of carbonyl (C=O) groups excluding carboxylic acids is 2. The second kappa shape index (κ2) is 8.47. The fourth-order valence-corrected chi connectivity index (χ4v) is 2.04. The largest absolute Gasteiger partial charge is 0.368 e. The first-order valence-electron chi connectivity index (χ1n) is 7.31. The van der Waals surface area contributed by atoms with Gasteiger partial charge in [-0.2, -0.15) is 0 Å². The number of benzene rings is 1. The van der Waals surface area contributed by atoms with E-state index in [0.717, 1.165) is 0 Å². The van der Waals surface area contributed by atoms with Crippen molar-refractivity contribution in [1.82, 2.24) is 15.3 Å². The van der Waals surface area contributed by atoms with E-state index in [1.807, 2.05) is 6.07 Å². The zero-order chi connectivity index (χ0) is 16.5. The minimum absolute atomic E-state index is 0.228. The van der Waals surface area contributed by atoms with Gasteiger partial charge in [-0.25, -0.2) is 9.97 Å². The Labute approximate surface area is 134 Å². The number of rotatable bonds is 8. The maximum atomic E-state index is 12.0. The number of anilines is 1. The van der Waals surface area contributed by atoms with Crippen LogP contribution in [0.15, 0.2) is 48.8 Å². The van der Waals surface area contributed by atoms with Crippen LogP contribution in [0.3, 0.4) is 0 Å². The molecule has 0 saturated carbocycles. The molecule has 7 heteroatoms. The van der Waals surface area contributed by atoms with Crippen LogP contribution >= 0.6 is 0 Å². The quantitative estimate of drug-likeness (QED) is 0.630. The maximum absolute atomic E-state index is 12.0. The number of carbonyl (C=O) groups is 2. The summed E-state index contributed by atoms with van der Waals surface area (Å²) in [4.78, 5) is 31.5. The van der Waals surface area contributed by atoms with E-state index in [-0.39, 0.29) is 12.3 Å². The summed E-state index contributed by atoms with van der Waals surface area (Å²) in [6, 6.07) is 9.85. The van der Waals surface area contributed by atoms with Crippen LogP contribution in [-0.2, 0) is 9.59 Å². The molecule has 0 aliphatic heterocycles. The van der Waals surface area contributed by atoms with E-state index in [9.17, 15) is 9.59 Å². The van der Waals surface area contributed by atoms with E-state index in [1.165, 1.54) is 0 Å². The molecule has 1 aromatic carbocycles. The predicted molar refractivity (Wildman–Crippen MR) is 86.3 cm³/mol. The highest BCUT2D eigenvalue weighted by molar-refractivity contribution is 5.87. The predicted octanol–water partition coefficient (Wildman–Crippen LogP) is 1.01. The SMILES string of the molecule is NC(=O)C(NC(=O)CCCNc1ncccn1)c1ccccc1. The molecule has 4 N–H and O–H groups in total. The van der Waals surface area contributed by atoms with Crippen molar-refractivity contribution in [2.24, 2.45) is 5.73 Å². The Kier molecular flexibility index (Phi) is 6.05. The van der Waals surface area contributed by atoms with Gasteiger partial charge in [0.25, 0.3) is 0 Å². The molecule has 0 saturated heterocycles. The molecule has 1 unspecified atom stereocenters. The fraction of sp³-hybridized carbons (Fsp3) is 0.250. The van der Waals surface area contributed by atoms with Crippen LogP contribution in [0.2, 0.25) is 0 Å². The molecule has 23 heavy (non-hydrogen) atoms. The molecule has 0 radical (unpaired) electrons. The van der Waals surface area contributed by atoms with Crippen molar-refractivity contribution in [3.05, 3.63) is 54.4 Å². The summed E-state index contributed by atoms with van der Waals surface area (Å²) in [5.41, 5.74) is 6.04. The maximum Gasteiger partial charge on any atom is 0.244 e. The van der Waals surface area contributed by atoms with Crippen LogP contribution < -0.4 is 16.4 Å². The van der Waals surface area contributed by atoms with Crippen molar-refractivity contribution in [3.63, 3.8) is 0 Å². The number of nitrogens with two attached hydrogens (primary N) is 1. The average molecular weight is 313 g/mol. The van der Waals surface area contributed by atoms with Crippen LogP contribution in [0.5, 0.6) is 0 Å². The molecule has 7 nitrogen and oxygen atoms in total. The lowest BCUT2D eigenvalue weighted by Gasteiger charge is -2.15. The number of primary amides is 1. The molecule has 0 spiro atoms. The third kappa shape index (κ3) is 5.39. The van der Waals surface area contributed by atoms with Gasteiger partial charge in [0.1, 0.15) is 6.04 Å². The summed E-state index contributed by atoms with van der Waals surface area (Å²) < 4.78 is 0. The van der Waals surface area contributed by atoms with E-state index < -0.39 is 11.9 Å². The van der Waals surface area contributed by atoms with Gasteiger partial charge in [0, 0.05) is 25.4 Å². The Morgan fingerprint density at radius 3 is 2.43 bits per heavy atom. The number of aromatic nitrogens is 2. The first-order chi connectivity index (χ1) is 11.2. The highest BCUT2D eigenvalue weighted by atomic mass is 16.2. The molecular formula is C16H19N5O2. The Balaban J connectivity index is 1.77. The molecule has 0 fully saturated rings. The lowest BCUT2D eigenvalue weighted by atomic mass is 10.1. The monoisotopic (exact) mass is 313 g/mol. The first kappa shape index (κ1) is 16.4. The zero-order valence-corrected chi connectivity index (χ0v) is 12.6. The number of hydrogen-bond acceptors (Lipinski definition) is 5. The van der Waals surface area contributed by atoms with E-state index in [2.05, 4.69) is 20.6 Å². The van der Waals surface area contributed by atoms with Crippen molar-refractivity contribution >= 4 is 17.8 Å². The second-order valence-corrected chi connectivity index (χ2v) is 4.92. The first-order valence-corrected chi connectivity index (χ1v) is 7.31. The number of amides is 2. The summed E-state index contributed by atoms with van der Waals surface area (Å²) in [5, 5.41) is 5.67. The zero-order valence-electron chi connectivity index (χ0n) is 12.6. The summed E-state index contributed by atoms with van der Waals surface area (Å²) in [6.45, 7) is 0.560. The van der Waals surface area contributed by atoms with Gasteiger partial charge in [-0.05, 0) is 18.1 Å². The molecule has 1 heterocycles. The molecule has 0 aliphatic carbocycles. The molecule has 2 aromatic rings. The summed E-state index contributed by atoms with van der Waals surface area (Å²) in [5.74, 6) is -0.291. The number of hydrogen-bond donors (Lipinski definition) is 3. The van der Waals surface area contributed by atoms with Crippen LogP contribution in [0.1, 0.15) is 24.4 Å². The van der Waals surface area contributed by atoms with Gasteiger partial charge in [0.15, 0.2) is 0 Å². The van der Waals surface area contributed by atoms with Crippen LogP contribution in [0, 0.1) is 0 Å². The highest BCUT2D eigenvalue weighted by Crippen LogP contribution is 2.12.